The molecule has 0 fully saturated rings. The number of rotatable bonds is 5. The third-order valence-corrected chi connectivity index (χ3v) is 3.76. The maximum Gasteiger partial charge on any atom is 0.211 e. The fourth-order valence-electron chi connectivity index (χ4n) is 1.38. The van der Waals surface area contributed by atoms with Crippen LogP contribution in [0.3, 0.4) is 0 Å². The first-order valence-corrected chi connectivity index (χ1v) is 6.59. The molecule has 0 aliphatic rings. The molecular weight excluding hydrogens is 214 g/mol. The van der Waals surface area contributed by atoms with E-state index < -0.39 is 10.0 Å². The van der Waals surface area contributed by atoms with Crippen molar-refractivity contribution in [2.75, 3.05) is 12.3 Å². The lowest BCUT2D eigenvalue weighted by molar-refractivity contribution is 0.583. The average Bonchev–Trinajstić information content (AvgIpc) is 2.49. The number of hydrogen-bond acceptors (Lipinski definition) is 3. The Morgan fingerprint density at radius 1 is 1.40 bits per heavy atom. The van der Waals surface area contributed by atoms with E-state index in [2.05, 4.69) is 14.9 Å². The number of H-pyrrole nitrogens is 1. The highest BCUT2D eigenvalue weighted by Crippen LogP contribution is 2.09. The van der Waals surface area contributed by atoms with E-state index in [-0.39, 0.29) is 5.75 Å². The van der Waals surface area contributed by atoms with Gasteiger partial charge in [-0.05, 0) is 32.8 Å². The van der Waals surface area contributed by atoms with Gasteiger partial charge in [-0.2, -0.15) is 5.10 Å². The lowest BCUT2D eigenvalue weighted by Crippen LogP contribution is -2.27. The molecule has 0 aliphatic heterocycles. The van der Waals surface area contributed by atoms with Crippen LogP contribution in [-0.2, 0) is 16.4 Å². The molecule has 0 saturated heterocycles. The lowest BCUT2D eigenvalue weighted by atomic mass is 10.1. The molecule has 1 aromatic rings. The fraction of sp³-hybridized carbons (Fsp3) is 0.667. The summed E-state index contributed by atoms with van der Waals surface area (Å²) in [5.74, 6) is 0.121. The van der Waals surface area contributed by atoms with Crippen LogP contribution in [0, 0.1) is 13.8 Å². The second kappa shape index (κ2) is 4.76. The predicted molar refractivity (Wildman–Crippen MR) is 59.2 cm³/mol. The van der Waals surface area contributed by atoms with E-state index in [1.807, 2.05) is 13.8 Å². The zero-order valence-corrected chi connectivity index (χ0v) is 10.1. The topological polar surface area (TPSA) is 74.8 Å². The first-order valence-electron chi connectivity index (χ1n) is 4.94. The summed E-state index contributed by atoms with van der Waals surface area (Å²) < 4.78 is 24.9. The molecule has 1 heterocycles. The Kier molecular flexibility index (Phi) is 3.87. The van der Waals surface area contributed by atoms with Crippen LogP contribution < -0.4 is 4.72 Å². The quantitative estimate of drug-likeness (QED) is 0.775. The van der Waals surface area contributed by atoms with Gasteiger partial charge in [0, 0.05) is 12.2 Å². The SMILES string of the molecule is CCS(=O)(=O)NCCc1c(C)n[nH]c1C. The van der Waals surface area contributed by atoms with Gasteiger partial charge in [-0.3, -0.25) is 5.10 Å². The van der Waals surface area contributed by atoms with Crippen molar-refractivity contribution >= 4 is 10.0 Å². The van der Waals surface area contributed by atoms with Crippen molar-refractivity contribution < 1.29 is 8.42 Å². The molecule has 1 rings (SSSR count). The van der Waals surface area contributed by atoms with E-state index in [9.17, 15) is 8.42 Å². The van der Waals surface area contributed by atoms with Gasteiger partial charge in [0.05, 0.1) is 11.4 Å². The van der Waals surface area contributed by atoms with Crippen LogP contribution in [0.2, 0.25) is 0 Å². The summed E-state index contributed by atoms with van der Waals surface area (Å²) in [4.78, 5) is 0. The van der Waals surface area contributed by atoms with Crippen molar-refractivity contribution in [2.45, 2.75) is 27.2 Å². The van der Waals surface area contributed by atoms with Crippen LogP contribution >= 0.6 is 0 Å². The van der Waals surface area contributed by atoms with Crippen molar-refractivity contribution in [3.8, 4) is 0 Å². The maximum atomic E-state index is 11.2. The number of nitrogens with one attached hydrogen (secondary N) is 2. The Hall–Kier alpha value is -0.880. The highest BCUT2D eigenvalue weighted by molar-refractivity contribution is 7.89. The second-order valence-corrected chi connectivity index (χ2v) is 5.56. The number of hydrogen-bond donors (Lipinski definition) is 2. The summed E-state index contributed by atoms with van der Waals surface area (Å²) in [7, 11) is -3.08. The Labute approximate surface area is 90.3 Å². The smallest absolute Gasteiger partial charge is 0.211 e. The molecule has 0 aromatic carbocycles. The van der Waals surface area contributed by atoms with Gasteiger partial charge in [-0.25, -0.2) is 13.1 Å². The van der Waals surface area contributed by atoms with Crippen LogP contribution in [0.4, 0.5) is 0 Å². The minimum Gasteiger partial charge on any atom is -0.282 e. The molecular formula is C9H17N3O2S. The molecule has 0 radical (unpaired) electrons. The van der Waals surface area contributed by atoms with E-state index in [0.717, 1.165) is 17.0 Å². The summed E-state index contributed by atoms with van der Waals surface area (Å²) in [6.45, 7) is 5.89. The van der Waals surface area contributed by atoms with Crippen LogP contribution in [0.25, 0.3) is 0 Å². The summed E-state index contributed by atoms with van der Waals surface area (Å²) in [6.07, 6.45) is 0.674. The first-order chi connectivity index (χ1) is 6.96. The van der Waals surface area contributed by atoms with Crippen LogP contribution in [0.5, 0.6) is 0 Å². The predicted octanol–water partition coefficient (Wildman–Crippen LogP) is 0.508. The number of aromatic nitrogens is 2. The minimum absolute atomic E-state index is 0.121. The third-order valence-electron chi connectivity index (χ3n) is 2.36. The van der Waals surface area contributed by atoms with Gasteiger partial charge in [0.1, 0.15) is 0 Å². The van der Waals surface area contributed by atoms with Crippen molar-refractivity contribution in [3.05, 3.63) is 17.0 Å². The number of sulfonamides is 1. The summed E-state index contributed by atoms with van der Waals surface area (Å²) in [6, 6.07) is 0. The monoisotopic (exact) mass is 231 g/mol. The van der Waals surface area contributed by atoms with Gasteiger partial charge in [0.15, 0.2) is 0 Å². The van der Waals surface area contributed by atoms with E-state index in [0.29, 0.717) is 13.0 Å². The van der Waals surface area contributed by atoms with E-state index >= 15 is 0 Å². The molecule has 0 atom stereocenters. The van der Waals surface area contributed by atoms with Gasteiger partial charge < -0.3 is 0 Å². The molecule has 0 saturated carbocycles. The molecule has 0 unspecified atom stereocenters. The van der Waals surface area contributed by atoms with Crippen LogP contribution in [-0.4, -0.2) is 30.9 Å². The second-order valence-electron chi connectivity index (χ2n) is 3.46. The highest BCUT2D eigenvalue weighted by atomic mass is 32.2. The van der Waals surface area contributed by atoms with Crippen molar-refractivity contribution in [1.29, 1.82) is 0 Å². The molecule has 1 aromatic heterocycles. The van der Waals surface area contributed by atoms with Gasteiger partial charge in [-0.15, -0.1) is 0 Å². The fourth-order valence-corrected chi connectivity index (χ4v) is 1.99. The van der Waals surface area contributed by atoms with Gasteiger partial charge in [0.2, 0.25) is 10.0 Å². The van der Waals surface area contributed by atoms with E-state index in [1.54, 1.807) is 6.92 Å². The molecule has 15 heavy (non-hydrogen) atoms. The van der Waals surface area contributed by atoms with Crippen molar-refractivity contribution in [1.82, 2.24) is 14.9 Å². The highest BCUT2D eigenvalue weighted by Gasteiger charge is 2.09. The van der Waals surface area contributed by atoms with Crippen LogP contribution in [0.1, 0.15) is 23.9 Å². The van der Waals surface area contributed by atoms with Gasteiger partial charge in [0.25, 0.3) is 0 Å². The van der Waals surface area contributed by atoms with Crippen molar-refractivity contribution in [2.24, 2.45) is 0 Å². The number of nitrogens with zero attached hydrogens (tertiary/aromatic N) is 1. The van der Waals surface area contributed by atoms with Gasteiger partial charge in [-0.1, -0.05) is 0 Å². The molecule has 0 bridgehead atoms. The molecule has 0 spiro atoms. The largest absolute Gasteiger partial charge is 0.282 e. The summed E-state index contributed by atoms with van der Waals surface area (Å²) in [5.41, 5.74) is 3.03. The van der Waals surface area contributed by atoms with Crippen LogP contribution in [0.15, 0.2) is 0 Å². The Morgan fingerprint density at radius 3 is 2.53 bits per heavy atom. The Balaban J connectivity index is 2.52. The summed E-state index contributed by atoms with van der Waals surface area (Å²) in [5, 5.41) is 6.92. The third kappa shape index (κ3) is 3.32. The van der Waals surface area contributed by atoms with Crippen molar-refractivity contribution in [3.63, 3.8) is 0 Å². The molecule has 86 valence electrons. The molecule has 2 N–H and O–H groups in total. The average molecular weight is 231 g/mol. The first kappa shape index (κ1) is 12.2. The molecule has 0 amide bonds. The summed E-state index contributed by atoms with van der Waals surface area (Å²) >= 11 is 0. The Morgan fingerprint density at radius 2 is 2.07 bits per heavy atom. The molecule has 0 aliphatic carbocycles. The normalized spacial score (nSPS) is 11.9. The molecule has 5 nitrogen and oxygen atoms in total. The standard InChI is InChI=1S/C9H17N3O2S/c1-4-15(13,14)10-6-5-9-7(2)11-12-8(9)3/h10H,4-6H2,1-3H3,(H,11,12). The zero-order valence-electron chi connectivity index (χ0n) is 9.29. The Bertz CT molecular complexity index is 403. The lowest BCUT2D eigenvalue weighted by Gasteiger charge is -2.04. The maximum absolute atomic E-state index is 11.2. The van der Waals surface area contributed by atoms with E-state index in [1.165, 1.54) is 0 Å². The number of aromatic amines is 1. The van der Waals surface area contributed by atoms with Gasteiger partial charge >= 0.3 is 0 Å². The number of aryl methyl sites for hydroxylation is 2. The molecule has 6 heteroatoms. The van der Waals surface area contributed by atoms with E-state index in [4.69, 9.17) is 0 Å². The zero-order chi connectivity index (χ0) is 11.5. The minimum atomic E-state index is -3.08.